The van der Waals surface area contributed by atoms with Crippen LogP contribution in [0.15, 0.2) is 35.3 Å². The summed E-state index contributed by atoms with van der Waals surface area (Å²) in [6.07, 6.45) is 5.93. The second-order valence-electron chi connectivity index (χ2n) is 6.19. The molecule has 3 nitrogen and oxygen atoms in total. The number of hydrogen-bond donors (Lipinski definition) is 0. The van der Waals surface area contributed by atoms with Gasteiger partial charge in [0.15, 0.2) is 0 Å². The molecule has 4 heteroatoms. The molecule has 0 amide bonds. The Kier molecular flexibility index (Phi) is 3.94. The summed E-state index contributed by atoms with van der Waals surface area (Å²) in [6.45, 7) is 5.04. The van der Waals surface area contributed by atoms with Crippen molar-refractivity contribution in [3.8, 4) is 5.69 Å². The number of hydrogen-bond acceptors (Lipinski definition) is 1. The molecular formula is C17H21ClN2O. The number of halogens is 1. The molecule has 1 fully saturated rings. The number of benzene rings is 1. The summed E-state index contributed by atoms with van der Waals surface area (Å²) < 4.78 is 3.61. The third-order valence-electron chi connectivity index (χ3n) is 4.66. The highest BCUT2D eigenvalue weighted by Crippen LogP contribution is 2.33. The van der Waals surface area contributed by atoms with Crippen LogP contribution in [0, 0.1) is 18.8 Å². The molecule has 112 valence electrons. The van der Waals surface area contributed by atoms with E-state index in [0.29, 0.717) is 10.9 Å². The summed E-state index contributed by atoms with van der Waals surface area (Å²) in [5.41, 5.74) is 1.88. The van der Waals surface area contributed by atoms with Crippen molar-refractivity contribution >= 4 is 11.6 Å². The van der Waals surface area contributed by atoms with Crippen LogP contribution in [0.2, 0.25) is 5.02 Å². The molecule has 0 spiro atoms. The lowest BCUT2D eigenvalue weighted by Crippen LogP contribution is -2.29. The molecule has 0 aliphatic heterocycles. The first-order valence-electron chi connectivity index (χ1n) is 7.61. The van der Waals surface area contributed by atoms with Crippen molar-refractivity contribution in [2.45, 2.75) is 39.7 Å². The van der Waals surface area contributed by atoms with E-state index in [1.54, 1.807) is 4.57 Å². The number of aromatic nitrogens is 2. The summed E-state index contributed by atoms with van der Waals surface area (Å²) in [6, 6.07) is 7.40. The van der Waals surface area contributed by atoms with E-state index in [9.17, 15) is 4.79 Å². The predicted octanol–water partition coefficient (Wildman–Crippen LogP) is 4.04. The lowest BCUT2D eigenvalue weighted by atomic mass is 9.77. The summed E-state index contributed by atoms with van der Waals surface area (Å²) in [5, 5.41) is 0.683. The summed E-state index contributed by atoms with van der Waals surface area (Å²) in [4.78, 5) is 12.6. The van der Waals surface area contributed by atoms with Crippen molar-refractivity contribution in [2.75, 3.05) is 0 Å². The van der Waals surface area contributed by atoms with E-state index in [4.69, 9.17) is 11.6 Å². The molecule has 1 aliphatic rings. The zero-order chi connectivity index (χ0) is 15.0. The molecule has 0 N–H and O–H groups in total. The van der Waals surface area contributed by atoms with Gasteiger partial charge < -0.3 is 0 Å². The minimum Gasteiger partial charge on any atom is -0.298 e. The van der Waals surface area contributed by atoms with E-state index in [-0.39, 0.29) is 5.69 Å². The highest BCUT2D eigenvalue weighted by Gasteiger charge is 2.24. The maximum absolute atomic E-state index is 12.6. The van der Waals surface area contributed by atoms with Gasteiger partial charge in [-0.1, -0.05) is 37.8 Å². The highest BCUT2D eigenvalue weighted by atomic mass is 35.5. The van der Waals surface area contributed by atoms with Gasteiger partial charge in [-0.2, -0.15) is 0 Å². The van der Waals surface area contributed by atoms with Gasteiger partial charge in [-0.15, -0.1) is 0 Å². The summed E-state index contributed by atoms with van der Waals surface area (Å²) >= 11 is 5.92. The van der Waals surface area contributed by atoms with Crippen LogP contribution in [0.3, 0.4) is 0 Å². The van der Waals surface area contributed by atoms with E-state index in [0.717, 1.165) is 23.8 Å². The SMILES string of the molecule is Cc1cn(CC(C)C2CCC2)c(=O)n1-c1ccc(Cl)cc1. The van der Waals surface area contributed by atoms with Crippen LogP contribution < -0.4 is 5.69 Å². The van der Waals surface area contributed by atoms with Gasteiger partial charge in [0.05, 0.1) is 5.69 Å². The van der Waals surface area contributed by atoms with Crippen LogP contribution in [0.25, 0.3) is 5.69 Å². The first-order valence-corrected chi connectivity index (χ1v) is 7.99. The van der Waals surface area contributed by atoms with Gasteiger partial charge >= 0.3 is 5.69 Å². The molecule has 1 atom stereocenters. The Morgan fingerprint density at radius 3 is 2.52 bits per heavy atom. The molecule has 1 aromatic heterocycles. The van der Waals surface area contributed by atoms with Gasteiger partial charge in [-0.3, -0.25) is 9.13 Å². The van der Waals surface area contributed by atoms with E-state index in [1.807, 2.05) is 42.0 Å². The molecular weight excluding hydrogens is 284 g/mol. The van der Waals surface area contributed by atoms with Crippen molar-refractivity contribution < 1.29 is 0 Å². The number of aryl methyl sites for hydroxylation is 1. The Balaban J connectivity index is 1.89. The quantitative estimate of drug-likeness (QED) is 0.837. The normalized spacial score (nSPS) is 16.7. The van der Waals surface area contributed by atoms with Crippen molar-refractivity contribution in [1.29, 1.82) is 0 Å². The number of rotatable bonds is 4. The number of nitrogens with zero attached hydrogens (tertiary/aromatic N) is 2. The Hall–Kier alpha value is -1.48. The van der Waals surface area contributed by atoms with Gasteiger partial charge in [-0.05, 0) is 43.0 Å². The fraction of sp³-hybridized carbons (Fsp3) is 0.471. The molecule has 2 aromatic rings. The van der Waals surface area contributed by atoms with Crippen LogP contribution in [-0.2, 0) is 6.54 Å². The van der Waals surface area contributed by atoms with Gasteiger partial charge in [0.25, 0.3) is 0 Å². The van der Waals surface area contributed by atoms with Crippen LogP contribution >= 0.6 is 11.6 Å². The maximum Gasteiger partial charge on any atom is 0.332 e. The van der Waals surface area contributed by atoms with Crippen LogP contribution in [-0.4, -0.2) is 9.13 Å². The van der Waals surface area contributed by atoms with Crippen LogP contribution in [0.5, 0.6) is 0 Å². The van der Waals surface area contributed by atoms with Gasteiger partial charge in [0.1, 0.15) is 0 Å². The lowest BCUT2D eigenvalue weighted by Gasteiger charge is -2.31. The Morgan fingerprint density at radius 2 is 1.95 bits per heavy atom. The van der Waals surface area contributed by atoms with Crippen molar-refractivity contribution in [3.05, 3.63) is 51.7 Å². The zero-order valence-corrected chi connectivity index (χ0v) is 13.3. The molecule has 1 heterocycles. The minimum atomic E-state index is 0.0426. The third kappa shape index (κ3) is 2.80. The average Bonchev–Trinajstić information content (AvgIpc) is 2.64. The highest BCUT2D eigenvalue weighted by molar-refractivity contribution is 6.30. The zero-order valence-electron chi connectivity index (χ0n) is 12.6. The summed E-state index contributed by atoms with van der Waals surface area (Å²) in [5.74, 6) is 1.35. The molecule has 3 rings (SSSR count). The van der Waals surface area contributed by atoms with Crippen LogP contribution in [0.4, 0.5) is 0 Å². The second kappa shape index (κ2) is 5.72. The molecule has 0 saturated heterocycles. The van der Waals surface area contributed by atoms with Crippen molar-refractivity contribution in [1.82, 2.24) is 9.13 Å². The third-order valence-corrected chi connectivity index (χ3v) is 4.91. The number of imidazole rings is 1. The van der Waals surface area contributed by atoms with Gasteiger partial charge in [0, 0.05) is 23.5 Å². The van der Waals surface area contributed by atoms with E-state index < -0.39 is 0 Å². The van der Waals surface area contributed by atoms with Crippen LogP contribution in [0.1, 0.15) is 31.9 Å². The lowest BCUT2D eigenvalue weighted by molar-refractivity contribution is 0.200. The second-order valence-corrected chi connectivity index (χ2v) is 6.62. The molecule has 1 saturated carbocycles. The van der Waals surface area contributed by atoms with Crippen molar-refractivity contribution in [2.24, 2.45) is 11.8 Å². The largest absolute Gasteiger partial charge is 0.332 e. The molecule has 0 radical (unpaired) electrons. The molecule has 0 bridgehead atoms. The predicted molar refractivity (Wildman–Crippen MR) is 86.3 cm³/mol. The molecule has 1 unspecified atom stereocenters. The minimum absolute atomic E-state index is 0.0426. The van der Waals surface area contributed by atoms with Crippen molar-refractivity contribution in [3.63, 3.8) is 0 Å². The monoisotopic (exact) mass is 304 g/mol. The Labute approximate surface area is 130 Å². The standard InChI is InChI=1S/C17H21ClN2O/c1-12(14-4-3-5-14)10-19-11-13(2)20(17(19)21)16-8-6-15(18)7-9-16/h6-9,11-12,14H,3-5,10H2,1-2H3. The maximum atomic E-state index is 12.6. The first-order chi connectivity index (χ1) is 10.1. The first kappa shape index (κ1) is 14.5. The summed E-state index contributed by atoms with van der Waals surface area (Å²) in [7, 11) is 0. The fourth-order valence-electron chi connectivity index (χ4n) is 3.12. The fourth-order valence-corrected chi connectivity index (χ4v) is 3.25. The smallest absolute Gasteiger partial charge is 0.298 e. The topological polar surface area (TPSA) is 26.9 Å². The Morgan fingerprint density at radius 1 is 1.29 bits per heavy atom. The van der Waals surface area contributed by atoms with Gasteiger partial charge in [0.2, 0.25) is 0 Å². The van der Waals surface area contributed by atoms with E-state index in [2.05, 4.69) is 6.92 Å². The molecule has 21 heavy (non-hydrogen) atoms. The average molecular weight is 305 g/mol. The van der Waals surface area contributed by atoms with E-state index in [1.165, 1.54) is 19.3 Å². The van der Waals surface area contributed by atoms with Gasteiger partial charge in [-0.25, -0.2) is 4.79 Å². The molecule has 1 aromatic carbocycles. The molecule has 1 aliphatic carbocycles. The Bertz CT molecular complexity index is 680. The van der Waals surface area contributed by atoms with E-state index >= 15 is 0 Å².